The first-order valence-electron chi connectivity index (χ1n) is 13.4. The number of halogens is 6. The number of carbonyl (C=O) groups is 2. The summed E-state index contributed by atoms with van der Waals surface area (Å²) in [4.78, 5) is 16.0. The van der Waals surface area contributed by atoms with Crippen LogP contribution in [-0.2, 0) is 21.9 Å². The molecule has 0 aliphatic heterocycles. The average Bonchev–Trinajstić information content (AvgIpc) is 3.04. The Hall–Kier alpha value is -5.08. The highest BCUT2D eigenvalue weighted by atomic mass is 19.4. The molecule has 0 atom stereocenters. The summed E-state index contributed by atoms with van der Waals surface area (Å²) in [7, 11) is 0. The number of anilines is 2. The third-order valence-corrected chi connectivity index (χ3v) is 5.93. The third-order valence-electron chi connectivity index (χ3n) is 5.93. The molecule has 6 N–H and O–H groups in total. The maximum absolute atomic E-state index is 13.4. The smallest absolute Gasteiger partial charge is 0.416 e. The first-order valence-corrected chi connectivity index (χ1v) is 13.4. The van der Waals surface area contributed by atoms with Gasteiger partial charge in [0.1, 0.15) is 36.6 Å². The second-order valence-electron chi connectivity index (χ2n) is 9.17. The lowest BCUT2D eigenvalue weighted by Gasteiger charge is -2.15. The zero-order valence-electron chi connectivity index (χ0n) is 24.4. The van der Waals surface area contributed by atoms with Crippen LogP contribution in [0.1, 0.15) is 11.1 Å². The van der Waals surface area contributed by atoms with Crippen molar-refractivity contribution in [2.24, 2.45) is 11.5 Å². The van der Waals surface area contributed by atoms with Gasteiger partial charge in [-0.1, -0.05) is 24.3 Å². The van der Waals surface area contributed by atoms with Gasteiger partial charge in [-0.05, 0) is 59.7 Å². The zero-order valence-corrected chi connectivity index (χ0v) is 24.4. The van der Waals surface area contributed by atoms with E-state index in [1.54, 1.807) is 48.5 Å². The van der Waals surface area contributed by atoms with Crippen LogP contribution in [0.5, 0.6) is 23.0 Å². The lowest BCUT2D eigenvalue weighted by atomic mass is 10.1. The third kappa shape index (κ3) is 11.1. The van der Waals surface area contributed by atoms with E-state index in [4.69, 9.17) is 30.5 Å². The Labute approximate surface area is 261 Å². The number of ether oxygens (including phenoxy) is 2. The van der Waals surface area contributed by atoms with Crippen LogP contribution in [0.3, 0.4) is 0 Å². The summed E-state index contributed by atoms with van der Waals surface area (Å²) in [5, 5.41) is 5.66. The van der Waals surface area contributed by atoms with Crippen molar-refractivity contribution in [1.82, 2.24) is 0 Å². The van der Waals surface area contributed by atoms with Crippen LogP contribution in [0, 0.1) is 0 Å². The quantitative estimate of drug-likeness (QED) is 0.124. The van der Waals surface area contributed by atoms with Crippen molar-refractivity contribution in [3.8, 4) is 34.1 Å². The van der Waals surface area contributed by atoms with E-state index in [0.29, 0.717) is 24.6 Å². The number of alkyl halides is 6. The monoisotopic (exact) mass is 650 g/mol. The highest BCUT2D eigenvalue weighted by molar-refractivity contribution is 5.65. The number of rotatable bonds is 11. The molecule has 4 aromatic rings. The molecule has 0 aromatic heterocycles. The van der Waals surface area contributed by atoms with Crippen LogP contribution in [0.15, 0.2) is 84.9 Å². The molecule has 0 aliphatic carbocycles. The summed E-state index contributed by atoms with van der Waals surface area (Å²) in [6.07, 6.45) is -9.11. The Bertz CT molecular complexity index is 1400. The van der Waals surface area contributed by atoms with Crippen molar-refractivity contribution in [3.63, 3.8) is 0 Å². The van der Waals surface area contributed by atoms with Gasteiger partial charge in [0.05, 0.1) is 11.1 Å². The minimum absolute atomic E-state index is 0.00887. The lowest BCUT2D eigenvalue weighted by Crippen LogP contribution is -2.14. The molecule has 0 amide bonds. The first kappa shape index (κ1) is 37.1. The van der Waals surface area contributed by atoms with E-state index in [1.807, 2.05) is 13.6 Å². The molecule has 0 heterocycles. The molecule has 4 rings (SSSR count). The fraction of sp³-hybridized carbons (Fsp3) is 0.188. The van der Waals surface area contributed by atoms with Gasteiger partial charge in [-0.2, -0.15) is 26.3 Å². The SMILES string of the molecule is C=O.C=O.NCCNc1cc(Oc2ccc(-c3ccc(Oc4cc(NCCN)cc(C(F)(F)F)c4)cc3)cc2)cc(C(F)(F)F)c1. The fourth-order valence-corrected chi connectivity index (χ4v) is 3.98. The Morgan fingerprint density at radius 3 is 1.13 bits per heavy atom. The van der Waals surface area contributed by atoms with E-state index in [1.165, 1.54) is 12.1 Å². The van der Waals surface area contributed by atoms with Crippen LogP contribution in [0.2, 0.25) is 0 Å². The Morgan fingerprint density at radius 1 is 0.522 bits per heavy atom. The summed E-state index contributed by atoms with van der Waals surface area (Å²) >= 11 is 0. The molecular weight excluding hydrogens is 618 g/mol. The minimum atomic E-state index is -4.55. The van der Waals surface area contributed by atoms with Crippen molar-refractivity contribution in [2.75, 3.05) is 36.8 Å². The maximum atomic E-state index is 13.4. The van der Waals surface area contributed by atoms with Gasteiger partial charge < -0.3 is 41.2 Å². The molecule has 0 radical (unpaired) electrons. The Balaban J connectivity index is 0.00000177. The van der Waals surface area contributed by atoms with E-state index >= 15 is 0 Å². The number of benzene rings is 4. The maximum Gasteiger partial charge on any atom is 0.416 e. The number of carbonyl (C=O) groups excluding carboxylic acids is 2. The number of hydrogen-bond donors (Lipinski definition) is 4. The van der Waals surface area contributed by atoms with E-state index in [2.05, 4.69) is 10.6 Å². The number of hydrogen-bond acceptors (Lipinski definition) is 8. The predicted octanol–water partition coefficient (Wildman–Crippen LogP) is 7.35. The second-order valence-corrected chi connectivity index (χ2v) is 9.17. The summed E-state index contributed by atoms with van der Waals surface area (Å²) in [6.45, 7) is 5.10. The van der Waals surface area contributed by atoms with Crippen LogP contribution in [-0.4, -0.2) is 39.8 Å². The van der Waals surface area contributed by atoms with Crippen LogP contribution in [0.25, 0.3) is 11.1 Å². The van der Waals surface area contributed by atoms with Gasteiger partial charge in [-0.15, -0.1) is 0 Å². The van der Waals surface area contributed by atoms with Crippen molar-refractivity contribution >= 4 is 25.0 Å². The Morgan fingerprint density at radius 2 is 0.848 bits per heavy atom. The van der Waals surface area contributed by atoms with Gasteiger partial charge in [0, 0.05) is 49.7 Å². The molecule has 0 fully saturated rings. The van der Waals surface area contributed by atoms with Gasteiger partial charge in [-0.25, -0.2) is 0 Å². The van der Waals surface area contributed by atoms with E-state index in [9.17, 15) is 26.3 Å². The molecule has 14 heteroatoms. The summed E-state index contributed by atoms with van der Waals surface area (Å²) < 4.78 is 91.5. The van der Waals surface area contributed by atoms with Crippen LogP contribution in [0.4, 0.5) is 37.7 Å². The van der Waals surface area contributed by atoms with Gasteiger partial charge in [0.2, 0.25) is 0 Å². The highest BCUT2D eigenvalue weighted by Gasteiger charge is 2.32. The van der Waals surface area contributed by atoms with Crippen molar-refractivity contribution in [3.05, 3.63) is 96.1 Å². The van der Waals surface area contributed by atoms with E-state index in [0.717, 1.165) is 35.4 Å². The largest absolute Gasteiger partial charge is 0.457 e. The number of nitrogens with two attached hydrogens (primary N) is 2. The highest BCUT2D eigenvalue weighted by Crippen LogP contribution is 2.37. The molecule has 46 heavy (non-hydrogen) atoms. The van der Waals surface area contributed by atoms with Gasteiger partial charge in [0.25, 0.3) is 0 Å². The molecule has 0 saturated carbocycles. The summed E-state index contributed by atoms with van der Waals surface area (Å²) in [5.41, 5.74) is 11.2. The summed E-state index contributed by atoms with van der Waals surface area (Å²) in [5.74, 6) is 0.668. The zero-order chi connectivity index (χ0) is 34.3. The molecule has 4 aromatic carbocycles. The van der Waals surface area contributed by atoms with E-state index in [-0.39, 0.29) is 36.0 Å². The van der Waals surface area contributed by atoms with E-state index < -0.39 is 23.5 Å². The topological polar surface area (TPSA) is 129 Å². The normalized spacial score (nSPS) is 10.9. The predicted molar refractivity (Wildman–Crippen MR) is 164 cm³/mol. The minimum Gasteiger partial charge on any atom is -0.457 e. The molecule has 246 valence electrons. The molecule has 8 nitrogen and oxygen atoms in total. The molecule has 0 saturated heterocycles. The van der Waals surface area contributed by atoms with Gasteiger partial charge in [0.15, 0.2) is 0 Å². The Kier molecular flexibility index (Phi) is 14.1. The van der Waals surface area contributed by atoms with Gasteiger partial charge >= 0.3 is 12.4 Å². The van der Waals surface area contributed by atoms with Crippen molar-refractivity contribution in [1.29, 1.82) is 0 Å². The van der Waals surface area contributed by atoms with Crippen LogP contribution < -0.4 is 31.6 Å². The molecular formula is C32H32F6N4O4. The fourth-order valence-electron chi connectivity index (χ4n) is 3.98. The molecule has 0 unspecified atom stereocenters. The molecule has 0 aliphatic rings. The van der Waals surface area contributed by atoms with Crippen molar-refractivity contribution < 1.29 is 45.4 Å². The lowest BCUT2D eigenvalue weighted by molar-refractivity contribution is -0.138. The second kappa shape index (κ2) is 17.4. The first-order chi connectivity index (χ1) is 21.9. The van der Waals surface area contributed by atoms with Gasteiger partial charge in [-0.3, -0.25) is 0 Å². The number of nitrogens with one attached hydrogen (secondary N) is 2. The molecule has 0 bridgehead atoms. The van der Waals surface area contributed by atoms with Crippen molar-refractivity contribution in [2.45, 2.75) is 12.4 Å². The molecule has 0 spiro atoms. The van der Waals surface area contributed by atoms with Crippen LogP contribution >= 0.6 is 0 Å². The average molecular weight is 651 g/mol. The summed E-state index contributed by atoms with van der Waals surface area (Å²) in [6, 6.07) is 20.1. The standard InChI is InChI=1S/C30H28F6N4O2.2CH2O/c31-29(32,33)21-13-23(39-11-9-37)17-27(15-21)41-25-5-1-19(2-6-25)20-3-7-26(8-4-20)42-28-16-22(30(34,35)36)14-24(18-28)40-12-10-38;2*1-2/h1-8,13-18,39-40H,9-12,37-38H2;2*1H2.